The van der Waals surface area contributed by atoms with Gasteiger partial charge >= 0.3 is 6.09 Å². The third-order valence-corrected chi connectivity index (χ3v) is 6.66. The van der Waals surface area contributed by atoms with Gasteiger partial charge < -0.3 is 28.6 Å². The van der Waals surface area contributed by atoms with Crippen LogP contribution in [-0.4, -0.2) is 90.1 Å². The summed E-state index contributed by atoms with van der Waals surface area (Å²) in [7, 11) is 3.37. The third kappa shape index (κ3) is 7.93. The van der Waals surface area contributed by atoms with Gasteiger partial charge in [-0.3, -0.25) is 4.79 Å². The Balaban J connectivity index is 1.95. The lowest BCUT2D eigenvalue weighted by molar-refractivity contribution is -0.00753. The molecule has 9 heteroatoms. The summed E-state index contributed by atoms with van der Waals surface area (Å²) in [6.45, 7) is 13.2. The van der Waals surface area contributed by atoms with Crippen LogP contribution in [0.3, 0.4) is 0 Å². The van der Waals surface area contributed by atoms with Crippen molar-refractivity contribution in [2.24, 2.45) is 11.8 Å². The smallest absolute Gasteiger partial charge is 0.410 e. The number of fused-ring (bicyclic) bond motifs is 1. The molecule has 1 saturated heterocycles. The molecule has 0 saturated carbocycles. The summed E-state index contributed by atoms with van der Waals surface area (Å²) in [4.78, 5) is 35.8. The monoisotopic (exact) mass is 530 g/mol. The molecule has 9 nitrogen and oxygen atoms in total. The van der Waals surface area contributed by atoms with Gasteiger partial charge in [-0.05, 0) is 58.1 Å². The molecule has 2 aromatic rings. The summed E-state index contributed by atoms with van der Waals surface area (Å²) in [5.41, 5.74) is 1.17. The molecule has 3 rings (SSSR count). The molecule has 2 atom stereocenters. The molecule has 1 aromatic carbocycles. The van der Waals surface area contributed by atoms with Crippen LogP contribution in [0.25, 0.3) is 11.0 Å². The van der Waals surface area contributed by atoms with Gasteiger partial charge in [0.2, 0.25) is 0 Å². The van der Waals surface area contributed by atoms with Gasteiger partial charge in [-0.1, -0.05) is 26.0 Å². The van der Waals surface area contributed by atoms with Crippen LogP contribution in [0.1, 0.15) is 64.5 Å². The first-order chi connectivity index (χ1) is 18.0. The number of piperidine rings is 1. The summed E-state index contributed by atoms with van der Waals surface area (Å²) in [5.74, 6) is 0.689. The van der Waals surface area contributed by atoms with E-state index >= 15 is 0 Å². The fourth-order valence-electron chi connectivity index (χ4n) is 5.13. The Bertz CT molecular complexity index is 1060. The number of rotatable bonds is 11. The standard InChI is InChI=1S/C29H46N4O5/c1-21(2)17-33(23-16-22(20-37-7)18-31(19-23)28(35)38-29(3,4)5)27(34)26-30-24-12-8-9-13-25(24)32(26)14-10-11-15-36-6/h8-9,12-13,21-23H,10-11,14-20H2,1-7H3/t22-,23+/m1/s1. The van der Waals surface area contributed by atoms with Crippen LogP contribution >= 0.6 is 0 Å². The highest BCUT2D eigenvalue weighted by Crippen LogP contribution is 2.27. The molecule has 0 spiro atoms. The zero-order valence-electron chi connectivity index (χ0n) is 24.2. The average molecular weight is 531 g/mol. The third-order valence-electron chi connectivity index (χ3n) is 6.66. The maximum atomic E-state index is 14.3. The molecule has 2 amide bonds. The quantitative estimate of drug-likeness (QED) is 0.387. The molecule has 1 fully saturated rings. The van der Waals surface area contributed by atoms with E-state index in [1.54, 1.807) is 19.1 Å². The van der Waals surface area contributed by atoms with E-state index in [0.717, 1.165) is 30.3 Å². The Morgan fingerprint density at radius 3 is 2.50 bits per heavy atom. The predicted molar refractivity (Wildman–Crippen MR) is 148 cm³/mol. The van der Waals surface area contributed by atoms with E-state index in [-0.39, 0.29) is 29.9 Å². The van der Waals surface area contributed by atoms with Crippen LogP contribution in [0, 0.1) is 11.8 Å². The zero-order chi connectivity index (χ0) is 27.9. The zero-order valence-corrected chi connectivity index (χ0v) is 24.2. The number of hydrogen-bond donors (Lipinski definition) is 0. The second kappa shape index (κ2) is 13.4. The molecule has 1 aliphatic heterocycles. The normalized spacial score (nSPS) is 18.3. The highest BCUT2D eigenvalue weighted by Gasteiger charge is 2.38. The summed E-state index contributed by atoms with van der Waals surface area (Å²) in [6, 6.07) is 7.71. The summed E-state index contributed by atoms with van der Waals surface area (Å²) < 4.78 is 18.4. The summed E-state index contributed by atoms with van der Waals surface area (Å²) in [5, 5.41) is 0. The minimum atomic E-state index is -0.595. The van der Waals surface area contributed by atoms with Crippen molar-refractivity contribution < 1.29 is 23.8 Å². The first-order valence-corrected chi connectivity index (χ1v) is 13.8. The van der Waals surface area contributed by atoms with Crippen molar-refractivity contribution in [3.63, 3.8) is 0 Å². The molecule has 0 aliphatic carbocycles. The molecule has 0 N–H and O–H groups in total. The number of carbonyl (C=O) groups is 2. The molecular weight excluding hydrogens is 484 g/mol. The van der Waals surface area contributed by atoms with Crippen molar-refractivity contribution in [3.05, 3.63) is 30.1 Å². The van der Waals surface area contributed by atoms with E-state index in [2.05, 4.69) is 13.8 Å². The topological polar surface area (TPSA) is 86.1 Å². The Kier molecular flexibility index (Phi) is 10.6. The fraction of sp³-hybridized carbons (Fsp3) is 0.690. The van der Waals surface area contributed by atoms with Gasteiger partial charge in [-0.2, -0.15) is 0 Å². The lowest BCUT2D eigenvalue weighted by Gasteiger charge is -2.43. The average Bonchev–Trinajstić information content (AvgIpc) is 3.22. The molecule has 1 aliphatic rings. The van der Waals surface area contributed by atoms with E-state index < -0.39 is 5.60 Å². The second-order valence-corrected chi connectivity index (χ2v) is 11.7. The molecule has 212 valence electrons. The van der Waals surface area contributed by atoms with Crippen LogP contribution in [0.5, 0.6) is 0 Å². The molecule has 2 heterocycles. The number of imidazole rings is 1. The molecule has 0 bridgehead atoms. The second-order valence-electron chi connectivity index (χ2n) is 11.7. The first-order valence-electron chi connectivity index (χ1n) is 13.8. The lowest BCUT2D eigenvalue weighted by Crippen LogP contribution is -2.56. The van der Waals surface area contributed by atoms with Crippen molar-refractivity contribution in [1.29, 1.82) is 0 Å². The van der Waals surface area contributed by atoms with Gasteiger partial charge in [0.25, 0.3) is 5.91 Å². The van der Waals surface area contributed by atoms with Gasteiger partial charge in [0.05, 0.1) is 23.7 Å². The van der Waals surface area contributed by atoms with Crippen molar-refractivity contribution in [2.75, 3.05) is 47.1 Å². The van der Waals surface area contributed by atoms with Crippen LogP contribution < -0.4 is 0 Å². The van der Waals surface area contributed by atoms with Crippen LogP contribution in [0.15, 0.2) is 24.3 Å². The van der Waals surface area contributed by atoms with Gasteiger partial charge in [0.1, 0.15) is 5.60 Å². The van der Waals surface area contributed by atoms with E-state index in [0.29, 0.717) is 45.2 Å². The van der Waals surface area contributed by atoms with E-state index in [1.165, 1.54) is 0 Å². The van der Waals surface area contributed by atoms with E-state index in [4.69, 9.17) is 19.2 Å². The minimum Gasteiger partial charge on any atom is -0.444 e. The van der Waals surface area contributed by atoms with Crippen LogP contribution in [-0.2, 0) is 20.8 Å². The molecule has 1 aromatic heterocycles. The number of hydrogen-bond acceptors (Lipinski definition) is 6. The van der Waals surface area contributed by atoms with Crippen molar-refractivity contribution in [1.82, 2.24) is 19.4 Å². The highest BCUT2D eigenvalue weighted by molar-refractivity contribution is 5.95. The number of amides is 2. The number of para-hydroxylation sites is 2. The number of aromatic nitrogens is 2. The first kappa shape index (κ1) is 29.9. The maximum Gasteiger partial charge on any atom is 0.410 e. The largest absolute Gasteiger partial charge is 0.444 e. The maximum absolute atomic E-state index is 14.3. The molecule has 0 unspecified atom stereocenters. The summed E-state index contributed by atoms with van der Waals surface area (Å²) in [6.07, 6.45) is 2.17. The molecule has 38 heavy (non-hydrogen) atoms. The van der Waals surface area contributed by atoms with Gasteiger partial charge in [-0.25, -0.2) is 9.78 Å². The molecular formula is C29H46N4O5. The van der Waals surface area contributed by atoms with Crippen LogP contribution in [0.2, 0.25) is 0 Å². The number of ether oxygens (including phenoxy) is 3. The van der Waals surface area contributed by atoms with Gasteiger partial charge in [-0.15, -0.1) is 0 Å². The van der Waals surface area contributed by atoms with E-state index in [1.807, 2.05) is 54.5 Å². The number of benzene rings is 1. The Hall–Kier alpha value is -2.65. The number of aryl methyl sites for hydroxylation is 1. The fourth-order valence-corrected chi connectivity index (χ4v) is 5.13. The van der Waals surface area contributed by atoms with Gasteiger partial charge in [0, 0.05) is 52.9 Å². The Labute approximate surface area is 227 Å². The van der Waals surface area contributed by atoms with E-state index in [9.17, 15) is 9.59 Å². The Morgan fingerprint density at radius 1 is 1.11 bits per heavy atom. The SMILES string of the molecule is COCCCCn1c(C(=O)N(CC(C)C)[C@H]2C[C@@H](COC)CN(C(=O)OC(C)(C)C)C2)nc2ccccc21. The highest BCUT2D eigenvalue weighted by atomic mass is 16.6. The Morgan fingerprint density at radius 2 is 1.84 bits per heavy atom. The predicted octanol–water partition coefficient (Wildman–Crippen LogP) is 4.83. The van der Waals surface area contributed by atoms with Crippen molar-refractivity contribution in [3.8, 4) is 0 Å². The summed E-state index contributed by atoms with van der Waals surface area (Å²) >= 11 is 0. The lowest BCUT2D eigenvalue weighted by atomic mass is 9.93. The number of carbonyl (C=O) groups excluding carboxylic acids is 2. The van der Waals surface area contributed by atoms with Crippen LogP contribution in [0.4, 0.5) is 4.79 Å². The molecule has 0 radical (unpaired) electrons. The number of likely N-dealkylation sites (tertiary alicyclic amines) is 1. The van der Waals surface area contributed by atoms with Crippen molar-refractivity contribution in [2.45, 2.75) is 72.1 Å². The van der Waals surface area contributed by atoms with Gasteiger partial charge in [0.15, 0.2) is 5.82 Å². The minimum absolute atomic E-state index is 0.0987. The van der Waals surface area contributed by atoms with Crippen molar-refractivity contribution >= 4 is 23.0 Å². The number of methoxy groups -OCH3 is 2. The number of unbranched alkanes of at least 4 members (excludes halogenated alkanes) is 1. The number of nitrogens with zero attached hydrogens (tertiary/aromatic N) is 4.